The second kappa shape index (κ2) is 8.31. The molecule has 3 aliphatic heterocycles. The lowest BCUT2D eigenvalue weighted by Crippen LogP contribution is -2.55. The minimum Gasteiger partial charge on any atom is -0.481 e. The van der Waals surface area contributed by atoms with Crippen LogP contribution in [0.3, 0.4) is 0 Å². The minimum atomic E-state index is -1.53. The highest BCUT2D eigenvalue weighted by atomic mass is 19.1. The van der Waals surface area contributed by atoms with E-state index in [4.69, 9.17) is 9.73 Å². The summed E-state index contributed by atoms with van der Waals surface area (Å²) in [5.74, 6) is 4.09. The Hall–Kier alpha value is -3.75. The van der Waals surface area contributed by atoms with Gasteiger partial charge in [-0.2, -0.15) is 0 Å². The van der Waals surface area contributed by atoms with Crippen LogP contribution in [0.15, 0.2) is 48.0 Å². The predicted octanol–water partition coefficient (Wildman–Crippen LogP) is -1.42. The fourth-order valence-corrected chi connectivity index (χ4v) is 4.46. The number of fused-ring (bicyclic) bond motifs is 2. The van der Waals surface area contributed by atoms with Gasteiger partial charge in [-0.25, -0.2) is 14.4 Å². The van der Waals surface area contributed by atoms with Crippen molar-refractivity contribution in [2.24, 2.45) is 4.99 Å². The van der Waals surface area contributed by atoms with Gasteiger partial charge in [0.25, 0.3) is 5.35 Å². The van der Waals surface area contributed by atoms with Crippen LogP contribution in [0, 0.1) is 5.87 Å². The Bertz CT molecular complexity index is 1440. The molecule has 2 N–H and O–H groups in total. The fourth-order valence-electron chi connectivity index (χ4n) is 4.46. The van der Waals surface area contributed by atoms with Crippen molar-refractivity contribution in [1.82, 2.24) is 25.0 Å². The quantitative estimate of drug-likeness (QED) is 0.442. The summed E-state index contributed by atoms with van der Waals surface area (Å²) in [6, 6.07) is 1.46. The van der Waals surface area contributed by atoms with Gasteiger partial charge in [-0.1, -0.05) is 6.08 Å². The monoisotopic (exact) mass is 449 g/mol. The smallest absolute Gasteiger partial charge is 0.267 e. The maximum absolute atomic E-state index is 15.7. The summed E-state index contributed by atoms with van der Waals surface area (Å²) < 4.78 is 24.9. The Morgan fingerprint density at radius 1 is 1.45 bits per heavy atom. The largest absolute Gasteiger partial charge is 0.481 e. The molecule has 1 fully saturated rings. The van der Waals surface area contributed by atoms with Gasteiger partial charge < -0.3 is 9.64 Å². The van der Waals surface area contributed by atoms with E-state index in [0.717, 1.165) is 28.0 Å². The fraction of sp³-hybridized carbons (Fsp3) is 0.348. The van der Waals surface area contributed by atoms with E-state index in [2.05, 4.69) is 26.7 Å². The summed E-state index contributed by atoms with van der Waals surface area (Å²) >= 11 is 0. The summed E-state index contributed by atoms with van der Waals surface area (Å²) in [6.07, 6.45) is 12.9. The van der Waals surface area contributed by atoms with Crippen molar-refractivity contribution < 1.29 is 13.5 Å². The molecule has 5 heterocycles. The highest BCUT2D eigenvalue weighted by molar-refractivity contribution is 5.93. The number of alkyl halides is 1. The van der Waals surface area contributed by atoms with Crippen molar-refractivity contribution in [3.63, 3.8) is 0 Å². The number of hydrogen-bond donors (Lipinski definition) is 2. The number of aliphatic imine (C=N–C) groups is 1. The first-order valence-electron chi connectivity index (χ1n) is 10.8. The molecule has 0 aromatic carbocycles. The number of ether oxygens (including phenoxy) is 1. The highest BCUT2D eigenvalue weighted by Gasteiger charge is 2.41. The van der Waals surface area contributed by atoms with E-state index in [-0.39, 0.29) is 0 Å². The number of piperidine rings is 1. The molecule has 0 bridgehead atoms. The van der Waals surface area contributed by atoms with Crippen molar-refractivity contribution in [3.05, 3.63) is 64.8 Å². The molecule has 170 valence electrons. The van der Waals surface area contributed by atoms with Gasteiger partial charge >= 0.3 is 0 Å². The van der Waals surface area contributed by atoms with E-state index in [0.29, 0.717) is 24.8 Å². The third kappa shape index (κ3) is 3.83. The standard InChI is InChI=1S/C23H26FN8O/c1-4-8-23(24)14-30(2)9-7-19(23)27-22-28-21(33-3)20-18(6-11-32(20)29-22)16-5-10-31-17(12-16)13-25-15-26-31/h4-6,8,11-13,15,19H,7,9,14H2,1-3H3,(H2,27,28,29)/q+1/b8-4+,18-16-/t19-,23?/m0/s1. The number of guanidine groups is 1. The lowest BCUT2D eigenvalue weighted by atomic mass is 9.89. The van der Waals surface area contributed by atoms with Gasteiger partial charge in [0.1, 0.15) is 11.5 Å². The van der Waals surface area contributed by atoms with Gasteiger partial charge in [0, 0.05) is 45.6 Å². The number of halogens is 1. The molecule has 1 saturated heterocycles. The molecule has 3 aliphatic rings. The van der Waals surface area contributed by atoms with Gasteiger partial charge in [-0.05, 0) is 32.5 Å². The van der Waals surface area contributed by atoms with Gasteiger partial charge in [0.2, 0.25) is 17.7 Å². The molecular weight excluding hydrogens is 423 g/mol. The van der Waals surface area contributed by atoms with Crippen molar-refractivity contribution in [1.29, 1.82) is 0 Å². The molecule has 33 heavy (non-hydrogen) atoms. The molecule has 2 atom stereocenters. The van der Waals surface area contributed by atoms with Crippen molar-refractivity contribution in [2.45, 2.75) is 25.1 Å². The summed E-state index contributed by atoms with van der Waals surface area (Å²) in [7, 11) is 3.52. The second-order valence-electron chi connectivity index (χ2n) is 8.28. The first kappa shape index (κ1) is 21.1. The van der Waals surface area contributed by atoms with Crippen molar-refractivity contribution >= 4 is 23.5 Å². The number of likely N-dealkylation sites (tertiary alicyclic amines) is 1. The average Bonchev–Trinajstić information content (AvgIpc) is 3.24. The van der Waals surface area contributed by atoms with Crippen LogP contribution >= 0.6 is 0 Å². The Balaban J connectivity index is 1.57. The lowest BCUT2D eigenvalue weighted by Gasteiger charge is -2.38. The zero-order valence-corrected chi connectivity index (χ0v) is 18.8. The molecule has 1 unspecified atom stereocenters. The Kier molecular flexibility index (Phi) is 5.32. The highest BCUT2D eigenvalue weighted by Crippen LogP contribution is 2.29. The maximum atomic E-state index is 15.7. The van der Waals surface area contributed by atoms with Crippen LogP contribution < -0.4 is 31.0 Å². The average molecular weight is 450 g/mol. The van der Waals surface area contributed by atoms with Crippen LogP contribution in [0.2, 0.25) is 0 Å². The third-order valence-electron chi connectivity index (χ3n) is 5.98. The summed E-state index contributed by atoms with van der Waals surface area (Å²) in [5, 5.41) is 9.90. The molecule has 0 aliphatic carbocycles. The van der Waals surface area contributed by atoms with Crippen LogP contribution in [-0.2, 0) is 4.74 Å². The van der Waals surface area contributed by atoms with Gasteiger partial charge in [0.05, 0.1) is 19.2 Å². The summed E-state index contributed by atoms with van der Waals surface area (Å²) in [4.78, 5) is 10.8. The second-order valence-corrected chi connectivity index (χ2v) is 8.28. The molecule has 0 spiro atoms. The summed E-state index contributed by atoms with van der Waals surface area (Å²) in [5.41, 5.74) is 2.64. The Labute approximate surface area is 189 Å². The summed E-state index contributed by atoms with van der Waals surface area (Å²) in [6.45, 7) is 2.92. The third-order valence-corrected chi connectivity index (χ3v) is 5.98. The minimum absolute atomic E-state index is 0.304. The molecule has 10 heteroatoms. The zero-order valence-electron chi connectivity index (χ0n) is 18.8. The number of aromatic nitrogens is 4. The number of hydrogen-bond acceptors (Lipinski definition) is 5. The van der Waals surface area contributed by atoms with Crippen LogP contribution in [0.1, 0.15) is 13.3 Å². The van der Waals surface area contributed by atoms with Crippen molar-refractivity contribution in [3.8, 4) is 0 Å². The number of methoxy groups -OCH3 is 1. The molecule has 0 saturated carbocycles. The van der Waals surface area contributed by atoms with E-state index >= 15 is 4.39 Å². The molecule has 0 amide bonds. The number of nitrogens with one attached hydrogen (secondary N) is 2. The van der Waals surface area contributed by atoms with E-state index in [1.54, 1.807) is 29.8 Å². The molecule has 0 radical (unpaired) electrons. The van der Waals surface area contributed by atoms with Gasteiger partial charge in [0.15, 0.2) is 12.0 Å². The van der Waals surface area contributed by atoms with Crippen LogP contribution in [0.5, 0.6) is 0 Å². The lowest BCUT2D eigenvalue weighted by molar-refractivity contribution is -0.587. The van der Waals surface area contributed by atoms with Crippen molar-refractivity contribution in [2.75, 3.05) is 32.7 Å². The van der Waals surface area contributed by atoms with Crippen LogP contribution in [0.4, 0.5) is 4.39 Å². The molecule has 9 nitrogen and oxygen atoms in total. The predicted molar refractivity (Wildman–Crippen MR) is 122 cm³/mol. The van der Waals surface area contributed by atoms with Crippen LogP contribution in [0.25, 0.3) is 17.5 Å². The van der Waals surface area contributed by atoms with E-state index < -0.39 is 11.7 Å². The molecule has 2 aromatic rings. The molecule has 2 aromatic heterocycles. The Morgan fingerprint density at radius 2 is 2.33 bits per heavy atom. The SMILES string of the molecule is C/C=C/C1(F)CN(C)CC[C@@H]1N=C1NC(OC)=c2/c(=C3/C=C=[n+]4ncncc4=C3)ccn2N1. The molecule has 5 rings (SSSR count). The number of nitrogens with zero attached hydrogens (tertiary/aromatic N) is 6. The first-order chi connectivity index (χ1) is 16.0. The first-order valence-corrected chi connectivity index (χ1v) is 10.8. The normalized spacial score (nSPS) is 27.3. The van der Waals surface area contributed by atoms with Gasteiger partial charge in [-0.15, -0.1) is 0 Å². The zero-order chi connectivity index (χ0) is 23.0. The Morgan fingerprint density at radius 3 is 3.15 bits per heavy atom. The number of rotatable bonds is 3. The topological polar surface area (TPSA) is 85.5 Å². The van der Waals surface area contributed by atoms with Crippen LogP contribution in [-0.4, -0.2) is 64.6 Å². The number of allylic oxidation sites excluding steroid dienone is 2. The van der Waals surface area contributed by atoms with E-state index in [9.17, 15) is 0 Å². The van der Waals surface area contributed by atoms with E-state index in [1.165, 1.54) is 6.33 Å². The van der Waals surface area contributed by atoms with Gasteiger partial charge in [-0.3, -0.25) is 15.4 Å². The molecular formula is C23H26FN8O+. The van der Waals surface area contributed by atoms with E-state index in [1.807, 2.05) is 48.0 Å². The maximum Gasteiger partial charge on any atom is 0.267 e.